The monoisotopic (exact) mass is 323 g/mol. The molecular weight excluding hydrogens is 310 g/mol. The molecule has 2 aromatic carbocycles. The maximum atomic E-state index is 12.0. The Morgan fingerprint density at radius 2 is 1.67 bits per heavy atom. The first-order valence-electron chi connectivity index (χ1n) is 7.02. The van der Waals surface area contributed by atoms with Crippen LogP contribution in [0.3, 0.4) is 0 Å². The number of anilines is 2. The molecule has 0 bridgehead atoms. The smallest absolute Gasteiger partial charge is 0.358 e. The summed E-state index contributed by atoms with van der Waals surface area (Å²) in [5, 5.41) is 25.2. The Kier molecular flexibility index (Phi) is 3.98. The van der Waals surface area contributed by atoms with Crippen molar-refractivity contribution in [2.24, 2.45) is 0 Å². The van der Waals surface area contributed by atoms with Crippen molar-refractivity contribution in [3.8, 4) is 5.75 Å². The third kappa shape index (κ3) is 3.09. The summed E-state index contributed by atoms with van der Waals surface area (Å²) in [6.07, 6.45) is 1.35. The van der Waals surface area contributed by atoms with Crippen molar-refractivity contribution in [2.75, 3.05) is 10.6 Å². The number of nitrogens with one attached hydrogen (secondary N) is 2. The third-order valence-corrected chi connectivity index (χ3v) is 3.36. The zero-order valence-corrected chi connectivity index (χ0v) is 12.4. The third-order valence-electron chi connectivity index (χ3n) is 3.36. The number of carbonyl (C=O) groups is 2. The van der Waals surface area contributed by atoms with Gasteiger partial charge in [-0.25, -0.2) is 14.6 Å². The summed E-state index contributed by atoms with van der Waals surface area (Å²) >= 11 is 0. The predicted molar refractivity (Wildman–Crippen MR) is 89.5 cm³/mol. The summed E-state index contributed by atoms with van der Waals surface area (Å²) in [6.45, 7) is 0. The van der Waals surface area contributed by atoms with Gasteiger partial charge in [-0.15, -0.1) is 0 Å². The van der Waals surface area contributed by atoms with Crippen LogP contribution < -0.4 is 10.6 Å². The highest BCUT2D eigenvalue weighted by atomic mass is 16.4. The molecule has 3 aromatic rings. The van der Waals surface area contributed by atoms with Gasteiger partial charge in [0.1, 0.15) is 0 Å². The van der Waals surface area contributed by atoms with Crippen LogP contribution in [0.4, 0.5) is 16.2 Å². The molecule has 3 rings (SSSR count). The Hall–Kier alpha value is -3.61. The molecule has 0 unspecified atom stereocenters. The first-order chi connectivity index (χ1) is 11.5. The van der Waals surface area contributed by atoms with Crippen LogP contribution in [0.15, 0.2) is 54.7 Å². The summed E-state index contributed by atoms with van der Waals surface area (Å²) in [4.78, 5) is 26.7. The van der Waals surface area contributed by atoms with Crippen LogP contribution in [0.5, 0.6) is 5.75 Å². The van der Waals surface area contributed by atoms with Gasteiger partial charge in [-0.05, 0) is 24.3 Å². The molecular formula is C17H13N3O4. The molecule has 4 N–H and O–H groups in total. The fourth-order valence-electron chi connectivity index (χ4n) is 2.25. The number of hydrogen-bond acceptors (Lipinski definition) is 4. The topological polar surface area (TPSA) is 112 Å². The largest absolute Gasteiger partial charge is 0.505 e. The van der Waals surface area contributed by atoms with Crippen molar-refractivity contribution in [1.29, 1.82) is 0 Å². The molecule has 120 valence electrons. The van der Waals surface area contributed by atoms with E-state index in [1.54, 1.807) is 36.4 Å². The van der Waals surface area contributed by atoms with Crippen LogP contribution in [-0.4, -0.2) is 27.2 Å². The van der Waals surface area contributed by atoms with Crippen LogP contribution in [0.25, 0.3) is 10.8 Å². The van der Waals surface area contributed by atoms with Crippen molar-refractivity contribution in [3.05, 3.63) is 60.4 Å². The van der Waals surface area contributed by atoms with Gasteiger partial charge < -0.3 is 20.8 Å². The fourth-order valence-corrected chi connectivity index (χ4v) is 2.25. The summed E-state index contributed by atoms with van der Waals surface area (Å²) < 4.78 is 0. The molecule has 7 heteroatoms. The minimum absolute atomic E-state index is 0.292. The van der Waals surface area contributed by atoms with E-state index < -0.39 is 23.4 Å². The van der Waals surface area contributed by atoms with E-state index in [-0.39, 0.29) is 0 Å². The van der Waals surface area contributed by atoms with Crippen molar-refractivity contribution in [3.63, 3.8) is 0 Å². The van der Waals surface area contributed by atoms with Crippen LogP contribution in [0.2, 0.25) is 0 Å². The average molecular weight is 323 g/mol. The Morgan fingerprint density at radius 3 is 2.38 bits per heavy atom. The number of fused-ring (bicyclic) bond motifs is 1. The summed E-state index contributed by atoms with van der Waals surface area (Å²) in [5.41, 5.74) is 0.609. The zero-order chi connectivity index (χ0) is 17.1. The van der Waals surface area contributed by atoms with Crippen molar-refractivity contribution < 1.29 is 19.8 Å². The fraction of sp³-hybridized carbons (Fsp3) is 0. The molecule has 7 nitrogen and oxygen atoms in total. The van der Waals surface area contributed by atoms with E-state index in [2.05, 4.69) is 15.6 Å². The van der Waals surface area contributed by atoms with Crippen LogP contribution in [0.1, 0.15) is 10.5 Å². The van der Waals surface area contributed by atoms with Crippen LogP contribution in [0, 0.1) is 0 Å². The van der Waals surface area contributed by atoms with Crippen molar-refractivity contribution >= 4 is 34.1 Å². The number of aromatic carboxylic acids is 1. The Balaban J connectivity index is 1.86. The second-order valence-corrected chi connectivity index (χ2v) is 5.01. The number of pyridine rings is 1. The van der Waals surface area contributed by atoms with Gasteiger partial charge in [0.05, 0.1) is 0 Å². The normalized spacial score (nSPS) is 10.3. The van der Waals surface area contributed by atoms with Gasteiger partial charge in [-0.3, -0.25) is 0 Å². The van der Waals surface area contributed by atoms with Crippen LogP contribution >= 0.6 is 0 Å². The Morgan fingerprint density at radius 1 is 0.958 bits per heavy atom. The van der Waals surface area contributed by atoms with Gasteiger partial charge in [-0.1, -0.05) is 24.3 Å². The van der Waals surface area contributed by atoms with Crippen LogP contribution in [-0.2, 0) is 0 Å². The number of amides is 2. The first kappa shape index (κ1) is 15.3. The number of rotatable bonds is 3. The molecule has 0 aliphatic carbocycles. The highest BCUT2D eigenvalue weighted by Gasteiger charge is 2.15. The summed E-state index contributed by atoms with van der Waals surface area (Å²) in [5.74, 6) is -1.76. The average Bonchev–Trinajstić information content (AvgIpc) is 2.56. The molecule has 0 aliphatic heterocycles. The number of benzene rings is 2. The van der Waals surface area contributed by atoms with Gasteiger partial charge in [0.25, 0.3) is 0 Å². The summed E-state index contributed by atoms with van der Waals surface area (Å²) in [7, 11) is 0. The molecule has 0 saturated carbocycles. The van der Waals surface area contributed by atoms with Gasteiger partial charge in [0.15, 0.2) is 11.4 Å². The lowest BCUT2D eigenvalue weighted by molar-refractivity contribution is 0.0687. The van der Waals surface area contributed by atoms with E-state index in [1.165, 1.54) is 12.3 Å². The predicted octanol–water partition coefficient (Wildman–Crippen LogP) is 3.28. The number of para-hydroxylation sites is 1. The number of hydrogen-bond donors (Lipinski definition) is 4. The van der Waals surface area contributed by atoms with Gasteiger partial charge in [0, 0.05) is 28.3 Å². The molecule has 1 aromatic heterocycles. The SMILES string of the molecule is O=C(Nc1ccccc1)Nc1ccc2cnc(C(=O)O)c(O)c2c1. The zero-order valence-electron chi connectivity index (χ0n) is 12.4. The quantitative estimate of drug-likeness (QED) is 0.591. The van der Waals surface area contributed by atoms with Gasteiger partial charge in [0.2, 0.25) is 0 Å². The molecule has 0 aliphatic rings. The van der Waals surface area contributed by atoms with E-state index in [4.69, 9.17) is 5.11 Å². The Labute approximate surface area is 136 Å². The molecule has 1 heterocycles. The lowest BCUT2D eigenvalue weighted by Crippen LogP contribution is -2.19. The number of urea groups is 1. The minimum Gasteiger partial charge on any atom is -0.505 e. The molecule has 24 heavy (non-hydrogen) atoms. The second kappa shape index (κ2) is 6.25. The highest BCUT2D eigenvalue weighted by Crippen LogP contribution is 2.29. The molecule has 0 spiro atoms. The number of nitrogens with zero attached hydrogens (tertiary/aromatic N) is 1. The maximum absolute atomic E-state index is 12.0. The number of carbonyl (C=O) groups excluding carboxylic acids is 1. The second-order valence-electron chi connectivity index (χ2n) is 5.01. The standard InChI is InChI=1S/C17H13N3O4/c21-15-13-8-12(7-6-10(13)9-18-14(15)16(22)23)20-17(24)19-11-4-2-1-3-5-11/h1-9,21H,(H,22,23)(H2,19,20,24). The molecule has 0 saturated heterocycles. The molecule has 0 radical (unpaired) electrons. The van der Waals surface area contributed by atoms with E-state index in [0.29, 0.717) is 22.1 Å². The van der Waals surface area contributed by atoms with E-state index in [9.17, 15) is 14.7 Å². The number of carboxylic acids is 1. The Bertz CT molecular complexity index is 926. The summed E-state index contributed by atoms with van der Waals surface area (Å²) in [6, 6.07) is 13.2. The van der Waals surface area contributed by atoms with E-state index in [0.717, 1.165) is 0 Å². The number of carboxylic acid groups (broad SMARTS) is 1. The van der Waals surface area contributed by atoms with Crippen molar-refractivity contribution in [2.45, 2.75) is 0 Å². The lowest BCUT2D eigenvalue weighted by Gasteiger charge is -2.09. The lowest BCUT2D eigenvalue weighted by atomic mass is 10.1. The van der Waals surface area contributed by atoms with E-state index >= 15 is 0 Å². The van der Waals surface area contributed by atoms with E-state index in [1.807, 2.05) is 6.07 Å². The maximum Gasteiger partial charge on any atom is 0.358 e. The highest BCUT2D eigenvalue weighted by molar-refractivity contribution is 6.03. The molecule has 0 atom stereocenters. The number of aromatic nitrogens is 1. The van der Waals surface area contributed by atoms with Crippen molar-refractivity contribution in [1.82, 2.24) is 4.98 Å². The first-order valence-corrected chi connectivity index (χ1v) is 7.02. The molecule has 2 amide bonds. The minimum atomic E-state index is -1.32. The van der Waals surface area contributed by atoms with Gasteiger partial charge in [-0.2, -0.15) is 0 Å². The number of aromatic hydroxyl groups is 1. The molecule has 0 fully saturated rings. The van der Waals surface area contributed by atoms with Gasteiger partial charge >= 0.3 is 12.0 Å².